The Balaban J connectivity index is 2.17. The molecule has 2 rings (SSSR count). The van der Waals surface area contributed by atoms with Gasteiger partial charge in [-0.1, -0.05) is 0 Å². The fourth-order valence-corrected chi connectivity index (χ4v) is 2.15. The van der Waals surface area contributed by atoms with Crippen LogP contribution in [0.4, 0.5) is 8.78 Å². The lowest BCUT2D eigenvalue weighted by Crippen LogP contribution is -2.51. The lowest BCUT2D eigenvalue weighted by molar-refractivity contribution is -0.151. The molecule has 6 heteroatoms. The molecule has 0 aliphatic heterocycles. The molecule has 1 aliphatic rings. The van der Waals surface area contributed by atoms with Crippen molar-refractivity contribution in [2.24, 2.45) is 0 Å². The van der Waals surface area contributed by atoms with Crippen LogP contribution in [0.3, 0.4) is 0 Å². The number of rotatable bonds is 3. The topological polar surface area (TPSA) is 35.5 Å². The highest BCUT2D eigenvalue weighted by atomic mass is 79.9. The number of carbonyl (C=O) groups excluding carboxylic acids is 1. The summed E-state index contributed by atoms with van der Waals surface area (Å²) in [5.74, 6) is -1.71. The molecule has 0 N–H and O–H groups in total. The van der Waals surface area contributed by atoms with E-state index in [4.69, 9.17) is 9.47 Å². The van der Waals surface area contributed by atoms with Gasteiger partial charge >= 0.3 is 0 Å². The first kappa shape index (κ1) is 12.4. The van der Waals surface area contributed by atoms with Gasteiger partial charge in [-0.05, 0) is 22.0 Å². The number of ether oxygens (including phenoxy) is 2. The largest absolute Gasteiger partial charge is 0.482 e. The number of halogens is 3. The molecule has 1 saturated carbocycles. The van der Waals surface area contributed by atoms with Gasteiger partial charge in [0, 0.05) is 19.6 Å². The minimum atomic E-state index is -0.814. The maximum atomic E-state index is 13.4. The van der Waals surface area contributed by atoms with Crippen molar-refractivity contribution < 1.29 is 23.0 Å². The van der Waals surface area contributed by atoms with Crippen LogP contribution in [0.1, 0.15) is 6.42 Å². The Morgan fingerprint density at radius 2 is 2.12 bits per heavy atom. The normalized spacial score (nSPS) is 23.4. The van der Waals surface area contributed by atoms with Crippen LogP contribution in [0.25, 0.3) is 0 Å². The summed E-state index contributed by atoms with van der Waals surface area (Å²) in [5.41, 5.74) is 0. The van der Waals surface area contributed by atoms with Crippen molar-refractivity contribution in [2.45, 2.75) is 18.6 Å². The molecular weight excluding hydrogens is 298 g/mol. The Morgan fingerprint density at radius 1 is 1.41 bits per heavy atom. The van der Waals surface area contributed by atoms with E-state index in [9.17, 15) is 13.6 Å². The van der Waals surface area contributed by atoms with Gasteiger partial charge in [0.05, 0.1) is 4.47 Å². The van der Waals surface area contributed by atoms with E-state index in [1.807, 2.05) is 0 Å². The summed E-state index contributed by atoms with van der Waals surface area (Å²) in [5, 5.41) is 0. The molecule has 1 fully saturated rings. The highest BCUT2D eigenvalue weighted by Gasteiger charge is 2.42. The third kappa shape index (κ3) is 2.32. The van der Waals surface area contributed by atoms with Crippen LogP contribution in [0.2, 0.25) is 0 Å². The zero-order valence-corrected chi connectivity index (χ0v) is 10.5. The SMILES string of the molecule is COC1C(=O)CC1Oc1c(F)cc(F)cc1Br. The first-order chi connectivity index (χ1) is 8.02. The summed E-state index contributed by atoms with van der Waals surface area (Å²) in [6.07, 6.45) is -1.03. The van der Waals surface area contributed by atoms with Crippen molar-refractivity contribution in [3.8, 4) is 5.75 Å². The van der Waals surface area contributed by atoms with Crippen LogP contribution < -0.4 is 4.74 Å². The zero-order chi connectivity index (χ0) is 12.6. The molecule has 0 spiro atoms. The van der Waals surface area contributed by atoms with Gasteiger partial charge in [0.25, 0.3) is 0 Å². The van der Waals surface area contributed by atoms with Crippen molar-refractivity contribution >= 4 is 21.7 Å². The summed E-state index contributed by atoms with van der Waals surface area (Å²) in [6.45, 7) is 0. The fraction of sp³-hybridized carbons (Fsp3) is 0.364. The van der Waals surface area contributed by atoms with Gasteiger partial charge in [0.1, 0.15) is 11.9 Å². The third-order valence-corrected chi connectivity index (χ3v) is 3.13. The number of ketones is 1. The van der Waals surface area contributed by atoms with Crippen molar-refractivity contribution in [1.29, 1.82) is 0 Å². The lowest BCUT2D eigenvalue weighted by atomic mass is 9.90. The summed E-state index contributed by atoms with van der Waals surface area (Å²) in [4.78, 5) is 11.1. The highest BCUT2D eigenvalue weighted by molar-refractivity contribution is 9.10. The minimum absolute atomic E-state index is 0.0869. The van der Waals surface area contributed by atoms with E-state index in [0.717, 1.165) is 12.1 Å². The molecule has 0 amide bonds. The molecule has 17 heavy (non-hydrogen) atoms. The van der Waals surface area contributed by atoms with Gasteiger partial charge in [0.15, 0.2) is 23.5 Å². The minimum Gasteiger partial charge on any atom is -0.482 e. The first-order valence-corrected chi connectivity index (χ1v) is 5.69. The average molecular weight is 307 g/mol. The molecule has 0 radical (unpaired) electrons. The van der Waals surface area contributed by atoms with Crippen LogP contribution in [-0.2, 0) is 9.53 Å². The van der Waals surface area contributed by atoms with Gasteiger partial charge in [-0.25, -0.2) is 8.78 Å². The molecule has 2 unspecified atom stereocenters. The van der Waals surface area contributed by atoms with Gasteiger partial charge in [-0.2, -0.15) is 0 Å². The number of hydrogen-bond donors (Lipinski definition) is 0. The number of carbonyl (C=O) groups is 1. The van der Waals surface area contributed by atoms with E-state index in [-0.39, 0.29) is 22.4 Å². The average Bonchev–Trinajstić information content (AvgIpc) is 2.21. The number of benzene rings is 1. The summed E-state index contributed by atoms with van der Waals surface area (Å²) in [6, 6.07) is 1.82. The maximum absolute atomic E-state index is 13.4. The summed E-state index contributed by atoms with van der Waals surface area (Å²) >= 11 is 3.01. The summed E-state index contributed by atoms with van der Waals surface area (Å²) in [7, 11) is 1.38. The Kier molecular flexibility index (Phi) is 3.44. The van der Waals surface area contributed by atoms with Gasteiger partial charge in [0.2, 0.25) is 0 Å². The van der Waals surface area contributed by atoms with Crippen LogP contribution in [0.15, 0.2) is 16.6 Å². The number of hydrogen-bond acceptors (Lipinski definition) is 3. The molecule has 1 aliphatic carbocycles. The van der Waals surface area contributed by atoms with Crippen LogP contribution in [0, 0.1) is 11.6 Å². The van der Waals surface area contributed by atoms with E-state index >= 15 is 0 Å². The molecule has 0 saturated heterocycles. The summed E-state index contributed by atoms with van der Waals surface area (Å²) < 4.78 is 36.7. The molecule has 1 aromatic carbocycles. The lowest BCUT2D eigenvalue weighted by Gasteiger charge is -2.33. The highest BCUT2D eigenvalue weighted by Crippen LogP contribution is 2.33. The molecule has 0 aromatic heterocycles. The molecule has 2 atom stereocenters. The monoisotopic (exact) mass is 306 g/mol. The standard InChI is InChI=1S/C11H9BrF2O3/c1-16-11-8(15)4-9(11)17-10-6(12)2-5(13)3-7(10)14/h2-3,9,11H,4H2,1H3. The van der Waals surface area contributed by atoms with Gasteiger partial charge in [-0.15, -0.1) is 0 Å². The van der Waals surface area contributed by atoms with Crippen LogP contribution in [0.5, 0.6) is 5.75 Å². The van der Waals surface area contributed by atoms with E-state index in [1.165, 1.54) is 7.11 Å². The molecule has 0 heterocycles. The van der Waals surface area contributed by atoms with E-state index in [2.05, 4.69) is 15.9 Å². The zero-order valence-electron chi connectivity index (χ0n) is 8.88. The molecule has 3 nitrogen and oxygen atoms in total. The third-order valence-electron chi connectivity index (χ3n) is 2.54. The van der Waals surface area contributed by atoms with Crippen molar-refractivity contribution in [3.05, 3.63) is 28.2 Å². The van der Waals surface area contributed by atoms with Crippen molar-refractivity contribution in [2.75, 3.05) is 7.11 Å². The maximum Gasteiger partial charge on any atom is 0.169 e. The van der Waals surface area contributed by atoms with Crippen molar-refractivity contribution in [3.63, 3.8) is 0 Å². The predicted octanol–water partition coefficient (Wildman–Crippen LogP) is 2.46. The Morgan fingerprint density at radius 3 is 2.65 bits per heavy atom. The molecular formula is C11H9BrF2O3. The Hall–Kier alpha value is -1.01. The molecule has 1 aromatic rings. The second kappa shape index (κ2) is 4.70. The Bertz CT molecular complexity index is 441. The second-order valence-corrected chi connectivity index (χ2v) is 4.54. The quantitative estimate of drug-likeness (QED) is 0.860. The van der Waals surface area contributed by atoms with E-state index < -0.39 is 23.8 Å². The Labute approximate surface area is 105 Å². The smallest absolute Gasteiger partial charge is 0.169 e. The van der Waals surface area contributed by atoms with Gasteiger partial charge < -0.3 is 9.47 Å². The predicted molar refractivity (Wildman–Crippen MR) is 58.9 cm³/mol. The second-order valence-electron chi connectivity index (χ2n) is 3.68. The fourth-order valence-electron chi connectivity index (χ4n) is 1.65. The number of Topliss-reactive ketones (excluding diaryl/α,β-unsaturated/α-hetero) is 1. The number of methoxy groups -OCH3 is 1. The van der Waals surface area contributed by atoms with E-state index in [0.29, 0.717) is 0 Å². The van der Waals surface area contributed by atoms with Crippen LogP contribution in [-0.4, -0.2) is 25.1 Å². The van der Waals surface area contributed by atoms with Crippen molar-refractivity contribution in [1.82, 2.24) is 0 Å². The molecule has 92 valence electrons. The van der Waals surface area contributed by atoms with E-state index in [1.54, 1.807) is 0 Å². The van der Waals surface area contributed by atoms with Gasteiger partial charge in [-0.3, -0.25) is 4.79 Å². The molecule has 0 bridgehead atoms. The first-order valence-electron chi connectivity index (χ1n) is 4.89. The van der Waals surface area contributed by atoms with Crippen LogP contribution >= 0.6 is 15.9 Å².